The van der Waals surface area contributed by atoms with E-state index in [0.717, 1.165) is 17.7 Å². The highest BCUT2D eigenvalue weighted by molar-refractivity contribution is 9.10. The molecule has 0 amide bonds. The van der Waals surface area contributed by atoms with Crippen molar-refractivity contribution in [3.05, 3.63) is 52.5 Å². The third-order valence-electron chi connectivity index (χ3n) is 2.22. The Labute approximate surface area is 103 Å². The van der Waals surface area contributed by atoms with E-state index in [0.29, 0.717) is 4.73 Å². The van der Waals surface area contributed by atoms with Crippen LogP contribution in [0.2, 0.25) is 0 Å². The Hall–Kier alpha value is -1.42. The van der Waals surface area contributed by atoms with Crippen molar-refractivity contribution in [3.8, 4) is 5.75 Å². The predicted octanol–water partition coefficient (Wildman–Crippen LogP) is 2.84. The van der Waals surface area contributed by atoms with E-state index in [-0.39, 0.29) is 0 Å². The van der Waals surface area contributed by atoms with Gasteiger partial charge in [-0.3, -0.25) is 0 Å². The van der Waals surface area contributed by atoms with E-state index in [1.807, 2.05) is 30.6 Å². The minimum Gasteiger partial charge on any atom is -0.497 e. The molecule has 0 fully saturated rings. The number of nitrogens with zero attached hydrogens (tertiary/aromatic N) is 2. The fraction of sp³-hybridized carbons (Fsp3) is 0.167. The molecule has 0 atom stereocenters. The highest BCUT2D eigenvalue weighted by Crippen LogP contribution is 2.15. The van der Waals surface area contributed by atoms with Gasteiger partial charge in [-0.2, -0.15) is 0 Å². The number of halogens is 1. The summed E-state index contributed by atoms with van der Waals surface area (Å²) in [5, 5.41) is 0. The van der Waals surface area contributed by atoms with Crippen LogP contribution in [0.25, 0.3) is 0 Å². The van der Waals surface area contributed by atoms with Gasteiger partial charge in [0.2, 0.25) is 0 Å². The molecule has 0 saturated carbocycles. The van der Waals surface area contributed by atoms with Gasteiger partial charge in [-0.1, -0.05) is 12.1 Å². The molecule has 3 nitrogen and oxygen atoms in total. The highest BCUT2D eigenvalue weighted by atomic mass is 79.9. The van der Waals surface area contributed by atoms with Crippen LogP contribution in [0.1, 0.15) is 11.1 Å². The number of hydrogen-bond acceptors (Lipinski definition) is 3. The van der Waals surface area contributed by atoms with Crippen molar-refractivity contribution in [2.75, 3.05) is 7.11 Å². The van der Waals surface area contributed by atoms with Crippen molar-refractivity contribution in [2.45, 2.75) is 6.42 Å². The number of rotatable bonds is 3. The fourth-order valence-corrected chi connectivity index (χ4v) is 1.65. The Balaban J connectivity index is 2.16. The number of hydrogen-bond donors (Lipinski definition) is 0. The maximum Gasteiger partial charge on any atom is 0.196 e. The lowest BCUT2D eigenvalue weighted by atomic mass is 10.1. The highest BCUT2D eigenvalue weighted by Gasteiger charge is 1.99. The molecule has 0 unspecified atom stereocenters. The second kappa shape index (κ2) is 5.07. The van der Waals surface area contributed by atoms with Crippen molar-refractivity contribution in [1.82, 2.24) is 9.97 Å². The van der Waals surface area contributed by atoms with Gasteiger partial charge in [-0.25, -0.2) is 9.97 Å². The number of aromatic nitrogens is 2. The van der Waals surface area contributed by atoms with Crippen molar-refractivity contribution in [1.29, 1.82) is 0 Å². The molecule has 2 rings (SSSR count). The number of benzene rings is 1. The van der Waals surface area contributed by atoms with Crippen LogP contribution in [0.15, 0.2) is 41.4 Å². The van der Waals surface area contributed by atoms with Gasteiger partial charge < -0.3 is 4.74 Å². The molecule has 0 aliphatic rings. The third-order valence-corrected chi connectivity index (χ3v) is 2.63. The Bertz CT molecular complexity index is 471. The van der Waals surface area contributed by atoms with Gasteiger partial charge in [-0.15, -0.1) is 0 Å². The molecule has 0 spiro atoms. The van der Waals surface area contributed by atoms with Gasteiger partial charge in [0.05, 0.1) is 7.11 Å². The lowest BCUT2D eigenvalue weighted by Gasteiger charge is -2.04. The van der Waals surface area contributed by atoms with Crippen LogP contribution < -0.4 is 4.74 Å². The van der Waals surface area contributed by atoms with Gasteiger partial charge in [-0.05, 0) is 39.2 Å². The van der Waals surface area contributed by atoms with Crippen molar-refractivity contribution in [3.63, 3.8) is 0 Å². The Kier molecular flexibility index (Phi) is 3.51. The zero-order chi connectivity index (χ0) is 11.4. The molecule has 0 bridgehead atoms. The molecular weight excluding hydrogens is 268 g/mol. The first kappa shape index (κ1) is 11.1. The van der Waals surface area contributed by atoms with Gasteiger partial charge in [0.15, 0.2) is 4.73 Å². The number of ether oxygens (including phenoxy) is 1. The predicted molar refractivity (Wildman–Crippen MR) is 65.5 cm³/mol. The maximum absolute atomic E-state index is 5.17. The summed E-state index contributed by atoms with van der Waals surface area (Å²) in [4.78, 5) is 8.18. The van der Waals surface area contributed by atoms with Crippen molar-refractivity contribution < 1.29 is 4.74 Å². The normalized spacial score (nSPS) is 10.1. The van der Waals surface area contributed by atoms with Crippen LogP contribution in [0.3, 0.4) is 0 Å². The molecule has 0 radical (unpaired) electrons. The molecule has 0 aliphatic heterocycles. The van der Waals surface area contributed by atoms with Crippen LogP contribution in [-0.4, -0.2) is 17.1 Å². The number of methoxy groups -OCH3 is 1. The first-order chi connectivity index (χ1) is 7.78. The minimum atomic E-state index is 0.613. The zero-order valence-corrected chi connectivity index (χ0v) is 10.4. The second-order valence-corrected chi connectivity index (χ2v) is 4.10. The van der Waals surface area contributed by atoms with E-state index < -0.39 is 0 Å². The van der Waals surface area contributed by atoms with Crippen LogP contribution >= 0.6 is 15.9 Å². The molecule has 82 valence electrons. The molecule has 0 N–H and O–H groups in total. The quantitative estimate of drug-likeness (QED) is 0.810. The Morgan fingerprint density at radius 2 is 1.94 bits per heavy atom. The molecule has 16 heavy (non-hydrogen) atoms. The van der Waals surface area contributed by atoms with Crippen LogP contribution in [-0.2, 0) is 6.42 Å². The molecule has 1 aromatic carbocycles. The summed E-state index contributed by atoms with van der Waals surface area (Å²) in [6, 6.07) is 7.99. The van der Waals surface area contributed by atoms with Crippen LogP contribution in [0, 0.1) is 0 Å². The smallest absolute Gasteiger partial charge is 0.196 e. The molecule has 0 aliphatic carbocycles. The van der Waals surface area contributed by atoms with Gasteiger partial charge >= 0.3 is 0 Å². The average Bonchev–Trinajstić information content (AvgIpc) is 2.32. The summed E-state index contributed by atoms with van der Waals surface area (Å²) in [6.45, 7) is 0. The van der Waals surface area contributed by atoms with Crippen LogP contribution in [0.5, 0.6) is 5.75 Å². The SMILES string of the molecule is COc1cccc(Cc2cnc(Br)nc2)c1. The van der Waals surface area contributed by atoms with Gasteiger partial charge in [0, 0.05) is 18.8 Å². The fourth-order valence-electron chi connectivity index (χ4n) is 1.45. The zero-order valence-electron chi connectivity index (χ0n) is 8.85. The molecule has 4 heteroatoms. The maximum atomic E-state index is 5.17. The lowest BCUT2D eigenvalue weighted by Crippen LogP contribution is -1.92. The molecule has 0 saturated heterocycles. The van der Waals surface area contributed by atoms with E-state index in [1.165, 1.54) is 5.56 Å². The van der Waals surface area contributed by atoms with E-state index in [1.54, 1.807) is 7.11 Å². The summed E-state index contributed by atoms with van der Waals surface area (Å²) in [5.41, 5.74) is 2.27. The summed E-state index contributed by atoms with van der Waals surface area (Å²) in [7, 11) is 1.67. The Morgan fingerprint density at radius 1 is 1.19 bits per heavy atom. The van der Waals surface area contributed by atoms with E-state index in [4.69, 9.17) is 4.74 Å². The first-order valence-electron chi connectivity index (χ1n) is 4.87. The van der Waals surface area contributed by atoms with Gasteiger partial charge in [0.1, 0.15) is 5.75 Å². The molecule has 2 aromatic rings. The van der Waals surface area contributed by atoms with Crippen molar-refractivity contribution >= 4 is 15.9 Å². The monoisotopic (exact) mass is 278 g/mol. The van der Waals surface area contributed by atoms with E-state index in [2.05, 4.69) is 32.0 Å². The Morgan fingerprint density at radius 3 is 2.62 bits per heavy atom. The standard InChI is InChI=1S/C12H11BrN2O/c1-16-11-4-2-3-9(6-11)5-10-7-14-12(13)15-8-10/h2-4,6-8H,5H2,1H3. The summed E-state index contributed by atoms with van der Waals surface area (Å²) < 4.78 is 5.79. The van der Waals surface area contributed by atoms with E-state index >= 15 is 0 Å². The molecule has 1 aromatic heterocycles. The van der Waals surface area contributed by atoms with Gasteiger partial charge in [0.25, 0.3) is 0 Å². The summed E-state index contributed by atoms with van der Waals surface area (Å²) in [6.07, 6.45) is 4.44. The summed E-state index contributed by atoms with van der Waals surface area (Å²) >= 11 is 3.21. The van der Waals surface area contributed by atoms with E-state index in [9.17, 15) is 0 Å². The third kappa shape index (κ3) is 2.79. The molecule has 1 heterocycles. The summed E-state index contributed by atoms with van der Waals surface area (Å²) in [5.74, 6) is 0.871. The lowest BCUT2D eigenvalue weighted by molar-refractivity contribution is 0.414. The average molecular weight is 279 g/mol. The van der Waals surface area contributed by atoms with Crippen LogP contribution in [0.4, 0.5) is 0 Å². The second-order valence-electron chi connectivity index (χ2n) is 3.39. The molecular formula is C12H11BrN2O. The first-order valence-corrected chi connectivity index (χ1v) is 5.66. The topological polar surface area (TPSA) is 35.0 Å². The van der Waals surface area contributed by atoms with Crippen molar-refractivity contribution in [2.24, 2.45) is 0 Å². The minimum absolute atomic E-state index is 0.613. The largest absolute Gasteiger partial charge is 0.497 e.